The van der Waals surface area contributed by atoms with Crippen molar-refractivity contribution in [1.29, 1.82) is 0 Å². The van der Waals surface area contributed by atoms with Crippen molar-refractivity contribution >= 4 is 23.2 Å². The quantitative estimate of drug-likeness (QED) is 0.236. The van der Waals surface area contributed by atoms with E-state index in [0.717, 1.165) is 36.8 Å². The van der Waals surface area contributed by atoms with Gasteiger partial charge in [0.05, 0.1) is 17.7 Å². The van der Waals surface area contributed by atoms with Crippen LogP contribution in [-0.4, -0.2) is 18.4 Å². The van der Waals surface area contributed by atoms with Gasteiger partial charge in [-0.1, -0.05) is 57.4 Å². The number of hydrogen-bond acceptors (Lipinski definition) is 5. The van der Waals surface area contributed by atoms with Crippen molar-refractivity contribution in [2.45, 2.75) is 52.6 Å². The molecule has 196 valence electrons. The number of carbonyl (C=O) groups is 2. The maximum atomic E-state index is 13.2. The van der Waals surface area contributed by atoms with Crippen LogP contribution in [-0.2, 0) is 13.1 Å². The van der Waals surface area contributed by atoms with Crippen molar-refractivity contribution < 1.29 is 14.3 Å². The molecule has 2 amide bonds. The lowest BCUT2D eigenvalue weighted by Crippen LogP contribution is -2.29. The monoisotopic (exact) mass is 502 g/mol. The maximum absolute atomic E-state index is 13.2. The number of unbranched alkanes of at least 4 members (excludes halogenated alkanes) is 1. The van der Waals surface area contributed by atoms with E-state index in [1.54, 1.807) is 42.5 Å². The first-order valence-electron chi connectivity index (χ1n) is 12.9. The molecule has 0 radical (unpaired) electrons. The molecule has 0 aromatic heterocycles. The van der Waals surface area contributed by atoms with Crippen LogP contribution in [0, 0.1) is 5.92 Å². The summed E-state index contributed by atoms with van der Waals surface area (Å²) in [6, 6.07) is 19.6. The van der Waals surface area contributed by atoms with Gasteiger partial charge in [0.1, 0.15) is 5.75 Å². The van der Waals surface area contributed by atoms with E-state index in [0.29, 0.717) is 42.7 Å². The van der Waals surface area contributed by atoms with Crippen molar-refractivity contribution in [2.75, 3.05) is 18.1 Å². The topological polar surface area (TPSA) is 119 Å². The predicted octanol–water partition coefficient (Wildman–Crippen LogP) is 5.31. The lowest BCUT2D eigenvalue weighted by atomic mass is 10.0. The Bertz CT molecular complexity index is 1160. The van der Waals surface area contributed by atoms with E-state index in [1.165, 1.54) is 0 Å². The molecule has 1 atom stereocenters. The number of ether oxygens (including phenoxy) is 1. The molecular weight excluding hydrogens is 464 g/mol. The Morgan fingerprint density at radius 2 is 1.32 bits per heavy atom. The number of benzene rings is 3. The molecule has 0 bridgehead atoms. The highest BCUT2D eigenvalue weighted by Gasteiger charge is 2.19. The first-order valence-corrected chi connectivity index (χ1v) is 12.9. The standard InChI is InChI=1S/C30H38N4O3/c1-3-5-6-21(4-2)20-37-26-15-16-27(29(35)33-18-22-7-11-24(31)12-8-22)28(17-26)30(36)34-19-23-9-13-25(32)14-10-23/h7-17,21H,3-6,18-20,31-32H2,1-2H3,(H,33,35)(H,34,36). The van der Waals surface area contributed by atoms with E-state index >= 15 is 0 Å². The number of carbonyl (C=O) groups excluding carboxylic acids is 2. The zero-order valence-electron chi connectivity index (χ0n) is 21.8. The van der Waals surface area contributed by atoms with Gasteiger partial charge in [0.2, 0.25) is 0 Å². The number of anilines is 2. The lowest BCUT2D eigenvalue weighted by molar-refractivity contribution is 0.0916. The first kappa shape index (κ1) is 27.6. The fourth-order valence-corrected chi connectivity index (χ4v) is 3.94. The van der Waals surface area contributed by atoms with E-state index in [1.807, 2.05) is 24.3 Å². The molecule has 3 aromatic rings. The third kappa shape index (κ3) is 8.56. The maximum Gasteiger partial charge on any atom is 0.252 e. The third-order valence-corrected chi connectivity index (χ3v) is 6.37. The number of nitrogens with one attached hydrogen (secondary N) is 2. The summed E-state index contributed by atoms with van der Waals surface area (Å²) in [5.74, 6) is 0.335. The summed E-state index contributed by atoms with van der Waals surface area (Å²) in [6.07, 6.45) is 4.44. The third-order valence-electron chi connectivity index (χ3n) is 6.37. The Morgan fingerprint density at radius 1 is 0.784 bits per heavy atom. The predicted molar refractivity (Wildman–Crippen MR) is 149 cm³/mol. The smallest absolute Gasteiger partial charge is 0.252 e. The summed E-state index contributed by atoms with van der Waals surface area (Å²) >= 11 is 0. The second kappa shape index (κ2) is 13.9. The van der Waals surface area contributed by atoms with Crippen LogP contribution in [0.3, 0.4) is 0 Å². The summed E-state index contributed by atoms with van der Waals surface area (Å²) in [4.78, 5) is 26.3. The number of hydrogen-bond donors (Lipinski definition) is 4. The molecule has 37 heavy (non-hydrogen) atoms. The first-order chi connectivity index (χ1) is 17.9. The zero-order valence-corrected chi connectivity index (χ0v) is 21.8. The van der Waals surface area contributed by atoms with Gasteiger partial charge in [0.15, 0.2) is 0 Å². The molecule has 3 rings (SSSR count). The van der Waals surface area contributed by atoms with Crippen molar-refractivity contribution in [3.63, 3.8) is 0 Å². The fraction of sp³-hybridized carbons (Fsp3) is 0.333. The van der Waals surface area contributed by atoms with Gasteiger partial charge in [-0.05, 0) is 65.9 Å². The molecule has 1 unspecified atom stereocenters. The van der Waals surface area contributed by atoms with Crippen LogP contribution in [0.2, 0.25) is 0 Å². The van der Waals surface area contributed by atoms with Crippen LogP contribution in [0.5, 0.6) is 5.75 Å². The summed E-state index contributed by atoms with van der Waals surface area (Å²) in [6.45, 7) is 5.55. The number of amides is 2. The Balaban J connectivity index is 1.76. The van der Waals surface area contributed by atoms with Crippen LogP contribution >= 0.6 is 0 Å². The van der Waals surface area contributed by atoms with Crippen molar-refractivity contribution in [2.24, 2.45) is 5.92 Å². The molecule has 0 heterocycles. The van der Waals surface area contributed by atoms with Gasteiger partial charge in [-0.25, -0.2) is 0 Å². The van der Waals surface area contributed by atoms with Crippen molar-refractivity contribution in [3.05, 3.63) is 89.0 Å². The molecule has 0 aliphatic rings. The molecule has 3 aromatic carbocycles. The highest BCUT2D eigenvalue weighted by molar-refractivity contribution is 6.07. The molecule has 0 aliphatic carbocycles. The summed E-state index contributed by atoms with van der Waals surface area (Å²) < 4.78 is 6.06. The fourth-order valence-electron chi connectivity index (χ4n) is 3.94. The van der Waals surface area contributed by atoms with Gasteiger partial charge in [0, 0.05) is 24.5 Å². The van der Waals surface area contributed by atoms with Crippen LogP contribution in [0.1, 0.15) is 71.4 Å². The SMILES string of the molecule is CCCCC(CC)COc1ccc(C(=O)NCc2ccc(N)cc2)c(C(=O)NCc2ccc(N)cc2)c1. The van der Waals surface area contributed by atoms with E-state index in [9.17, 15) is 9.59 Å². The second-order valence-corrected chi connectivity index (χ2v) is 9.28. The minimum Gasteiger partial charge on any atom is -0.493 e. The Hall–Kier alpha value is -4.00. The Morgan fingerprint density at radius 3 is 1.84 bits per heavy atom. The molecule has 0 fully saturated rings. The van der Waals surface area contributed by atoms with Gasteiger partial charge < -0.3 is 26.8 Å². The van der Waals surface area contributed by atoms with Crippen molar-refractivity contribution in [1.82, 2.24) is 10.6 Å². The molecule has 7 nitrogen and oxygen atoms in total. The van der Waals surface area contributed by atoms with Gasteiger partial charge in [-0.2, -0.15) is 0 Å². The van der Waals surface area contributed by atoms with Gasteiger partial charge >= 0.3 is 0 Å². The Kier molecular flexibility index (Phi) is 10.4. The molecule has 0 saturated carbocycles. The molecule has 6 N–H and O–H groups in total. The molecule has 0 spiro atoms. The minimum atomic E-state index is -0.349. The number of nitrogen functional groups attached to an aromatic ring is 2. The van der Waals surface area contributed by atoms with E-state index in [-0.39, 0.29) is 22.9 Å². The van der Waals surface area contributed by atoms with Crippen LogP contribution in [0.15, 0.2) is 66.7 Å². The van der Waals surface area contributed by atoms with E-state index in [4.69, 9.17) is 16.2 Å². The van der Waals surface area contributed by atoms with E-state index < -0.39 is 0 Å². The van der Waals surface area contributed by atoms with E-state index in [2.05, 4.69) is 24.5 Å². The van der Waals surface area contributed by atoms with Crippen LogP contribution in [0.4, 0.5) is 11.4 Å². The summed E-state index contributed by atoms with van der Waals surface area (Å²) in [7, 11) is 0. The Labute approximate surface area is 219 Å². The number of nitrogens with two attached hydrogens (primary N) is 2. The second-order valence-electron chi connectivity index (χ2n) is 9.28. The average molecular weight is 503 g/mol. The number of rotatable bonds is 13. The molecular formula is C30H38N4O3. The highest BCUT2D eigenvalue weighted by Crippen LogP contribution is 2.21. The normalized spacial score (nSPS) is 11.5. The van der Waals surface area contributed by atoms with Crippen LogP contribution < -0.4 is 26.8 Å². The van der Waals surface area contributed by atoms with Gasteiger partial charge in [-0.15, -0.1) is 0 Å². The molecule has 0 saturated heterocycles. The summed E-state index contributed by atoms with van der Waals surface area (Å²) in [5, 5.41) is 5.81. The van der Waals surface area contributed by atoms with Gasteiger partial charge in [-0.3, -0.25) is 9.59 Å². The van der Waals surface area contributed by atoms with Crippen LogP contribution in [0.25, 0.3) is 0 Å². The van der Waals surface area contributed by atoms with Crippen molar-refractivity contribution in [3.8, 4) is 5.75 Å². The summed E-state index contributed by atoms with van der Waals surface area (Å²) in [5.41, 5.74) is 15.2. The highest BCUT2D eigenvalue weighted by atomic mass is 16.5. The molecule has 0 aliphatic heterocycles. The minimum absolute atomic E-state index is 0.268. The largest absolute Gasteiger partial charge is 0.493 e. The zero-order chi connectivity index (χ0) is 26.6. The average Bonchev–Trinajstić information content (AvgIpc) is 2.92. The molecule has 7 heteroatoms. The lowest BCUT2D eigenvalue weighted by Gasteiger charge is -2.17. The van der Waals surface area contributed by atoms with Gasteiger partial charge in [0.25, 0.3) is 11.8 Å².